The van der Waals surface area contributed by atoms with Crippen molar-refractivity contribution < 1.29 is 20.4 Å². The number of halogens is 2. The minimum atomic E-state index is -2.98. The van der Waals surface area contributed by atoms with E-state index in [-0.39, 0.29) is 17.3 Å². The molecule has 1 aliphatic heterocycles. The highest BCUT2D eigenvalue weighted by Gasteiger charge is 2.35. The Balaban J connectivity index is 1.75. The fourth-order valence-corrected chi connectivity index (χ4v) is 3.27. The molecule has 30 heavy (non-hydrogen) atoms. The van der Waals surface area contributed by atoms with Crippen molar-refractivity contribution in [2.45, 2.75) is 25.7 Å². The Kier molecular flexibility index (Phi) is 4.06. The number of nitrogens with zero attached hydrogens (tertiary/aromatic N) is 3. The molecule has 154 valence electrons. The Morgan fingerprint density at radius 1 is 1.23 bits per heavy atom. The molecule has 1 aromatic carbocycles. The smallest absolute Gasteiger partial charge is 0.280 e. The van der Waals surface area contributed by atoms with E-state index in [4.69, 9.17) is 6.85 Å². The molecular weight excluding hydrogens is 388 g/mol. The first-order chi connectivity index (χ1) is 16.5. The molecule has 0 bridgehead atoms. The van der Waals surface area contributed by atoms with E-state index in [0.29, 0.717) is 12.1 Å². The third-order valence-corrected chi connectivity index (χ3v) is 4.66. The predicted octanol–water partition coefficient (Wildman–Crippen LogP) is 4.55. The zero-order valence-corrected chi connectivity index (χ0v) is 15.6. The van der Waals surface area contributed by atoms with Crippen molar-refractivity contribution >= 4 is 28.9 Å². The number of carbonyl (C=O) groups is 1. The number of alkyl halides is 2. The molecule has 1 atom stereocenters. The second kappa shape index (κ2) is 8.44. The summed E-state index contributed by atoms with van der Waals surface area (Å²) in [6.45, 7) is -5.77. The van der Waals surface area contributed by atoms with Crippen LogP contribution in [-0.4, -0.2) is 28.4 Å². The second-order valence-corrected chi connectivity index (χ2v) is 6.62. The summed E-state index contributed by atoms with van der Waals surface area (Å²) >= 11 is 0. The van der Waals surface area contributed by atoms with Gasteiger partial charge in [0.25, 0.3) is 12.3 Å². The number of amides is 1. The van der Waals surface area contributed by atoms with Gasteiger partial charge in [-0.3, -0.25) is 14.7 Å². The van der Waals surface area contributed by atoms with Crippen LogP contribution in [-0.2, 0) is 11.2 Å². The molecule has 2 N–H and O–H groups in total. The van der Waals surface area contributed by atoms with Gasteiger partial charge in [0.2, 0.25) is 0 Å². The lowest BCUT2D eigenvalue weighted by atomic mass is 10.0. The normalized spacial score (nSPS) is 19.0. The predicted molar refractivity (Wildman–Crippen MR) is 112 cm³/mol. The van der Waals surface area contributed by atoms with E-state index in [0.717, 1.165) is 17.8 Å². The van der Waals surface area contributed by atoms with E-state index < -0.39 is 37.4 Å². The Morgan fingerprint density at radius 2 is 2.07 bits per heavy atom. The minimum Gasteiger partial charge on any atom is -0.370 e. The molecular formula is C22H21F2N5O. The summed E-state index contributed by atoms with van der Waals surface area (Å²) in [4.78, 5) is 22.8. The number of benzene rings is 1. The van der Waals surface area contributed by atoms with Gasteiger partial charge in [0.15, 0.2) is 5.82 Å². The van der Waals surface area contributed by atoms with Crippen LogP contribution in [0.2, 0.25) is 0 Å². The van der Waals surface area contributed by atoms with Crippen LogP contribution in [0.1, 0.15) is 31.4 Å². The highest BCUT2D eigenvalue weighted by Crippen LogP contribution is 2.37. The minimum absolute atomic E-state index is 0.0530. The highest BCUT2D eigenvalue weighted by molar-refractivity contribution is 6.09. The maximum absolute atomic E-state index is 13.5. The molecule has 8 heteroatoms. The number of hydrogen-bond acceptors (Lipinski definition) is 5. The van der Waals surface area contributed by atoms with Crippen molar-refractivity contribution in [2.24, 2.45) is 0 Å². The van der Waals surface area contributed by atoms with Gasteiger partial charge in [0.05, 0.1) is 17.6 Å². The van der Waals surface area contributed by atoms with Gasteiger partial charge in [0, 0.05) is 19.8 Å². The summed E-state index contributed by atoms with van der Waals surface area (Å²) in [5, 5.41) is 5.37. The maximum atomic E-state index is 13.5. The molecule has 0 saturated carbocycles. The summed E-state index contributed by atoms with van der Waals surface area (Å²) in [5.41, 5.74) is 1.05. The molecule has 4 rings (SSSR count). The number of aromatic nitrogens is 2. The zero-order valence-electron chi connectivity index (χ0n) is 20.6. The largest absolute Gasteiger partial charge is 0.370 e. The van der Waals surface area contributed by atoms with Crippen LogP contribution < -0.4 is 15.5 Å². The summed E-state index contributed by atoms with van der Waals surface area (Å²) in [7, 11) is 0. The number of pyridine rings is 2. The summed E-state index contributed by atoms with van der Waals surface area (Å²) in [6, 6.07) is 13.9. The third-order valence-electron chi connectivity index (χ3n) is 4.66. The van der Waals surface area contributed by atoms with Crippen LogP contribution in [0.25, 0.3) is 0 Å². The highest BCUT2D eigenvalue weighted by atomic mass is 19.3. The fourth-order valence-electron chi connectivity index (χ4n) is 3.27. The van der Waals surface area contributed by atoms with Crippen molar-refractivity contribution in [2.75, 3.05) is 22.0 Å². The molecule has 0 radical (unpaired) electrons. The van der Waals surface area contributed by atoms with Crippen LogP contribution in [0.4, 0.5) is 31.8 Å². The third kappa shape index (κ3) is 3.94. The molecule has 2 aromatic heterocycles. The number of nitrogens with one attached hydrogen (secondary N) is 2. The van der Waals surface area contributed by atoms with Crippen molar-refractivity contribution in [3.8, 4) is 0 Å². The number of hydrogen-bond donors (Lipinski definition) is 2. The average Bonchev–Trinajstić information content (AvgIpc) is 2.80. The van der Waals surface area contributed by atoms with Crippen LogP contribution in [0.3, 0.4) is 0 Å². The summed E-state index contributed by atoms with van der Waals surface area (Å²) < 4.78 is 63.8. The first kappa shape index (κ1) is 14.4. The van der Waals surface area contributed by atoms with Gasteiger partial charge >= 0.3 is 0 Å². The number of fused-ring (bicyclic) bond motifs is 1. The summed E-state index contributed by atoms with van der Waals surface area (Å²) in [6.07, 6.45) is -1.31. The molecule has 0 saturated heterocycles. The van der Waals surface area contributed by atoms with Gasteiger partial charge in [-0.2, -0.15) is 0 Å². The van der Waals surface area contributed by atoms with E-state index >= 15 is 0 Å². The van der Waals surface area contributed by atoms with Gasteiger partial charge in [-0.1, -0.05) is 30.3 Å². The maximum Gasteiger partial charge on any atom is 0.280 e. The molecule has 0 spiro atoms. The molecule has 6 nitrogen and oxygen atoms in total. The number of rotatable bonds is 6. The first-order valence-corrected chi connectivity index (χ1v) is 9.14. The Bertz CT molecular complexity index is 1210. The van der Waals surface area contributed by atoms with Crippen LogP contribution in [0, 0.1) is 0 Å². The quantitative estimate of drug-likeness (QED) is 0.619. The number of anilines is 4. The molecule has 1 unspecified atom stereocenters. The topological polar surface area (TPSA) is 70.2 Å². The molecule has 0 aliphatic carbocycles. The van der Waals surface area contributed by atoms with Gasteiger partial charge in [0.1, 0.15) is 17.6 Å². The molecule has 0 fully saturated rings. The van der Waals surface area contributed by atoms with E-state index in [1.54, 1.807) is 6.07 Å². The molecule has 3 aromatic rings. The Hall–Kier alpha value is -3.55. The molecule has 1 aliphatic rings. The van der Waals surface area contributed by atoms with Gasteiger partial charge < -0.3 is 10.6 Å². The van der Waals surface area contributed by atoms with Gasteiger partial charge in [-0.15, -0.1) is 0 Å². The lowest BCUT2D eigenvalue weighted by molar-refractivity contribution is -0.118. The number of carbonyl (C=O) groups excluding carboxylic acids is 1. The summed E-state index contributed by atoms with van der Waals surface area (Å²) in [5.74, 6) is -0.503. The monoisotopic (exact) mass is 414 g/mol. The molecule has 3 heterocycles. The molecule has 1 amide bonds. The van der Waals surface area contributed by atoms with Crippen LogP contribution in [0.15, 0.2) is 60.8 Å². The van der Waals surface area contributed by atoms with E-state index in [1.165, 1.54) is 17.0 Å². The van der Waals surface area contributed by atoms with Crippen LogP contribution in [0.5, 0.6) is 0 Å². The average molecular weight is 414 g/mol. The van der Waals surface area contributed by atoms with E-state index in [9.17, 15) is 13.6 Å². The van der Waals surface area contributed by atoms with Crippen molar-refractivity contribution in [1.29, 1.82) is 0 Å². The first-order valence-electron chi connectivity index (χ1n) is 11.6. The second-order valence-electron chi connectivity index (χ2n) is 6.62. The lowest BCUT2D eigenvalue weighted by Gasteiger charge is -2.34. The van der Waals surface area contributed by atoms with E-state index in [2.05, 4.69) is 20.6 Å². The fraction of sp³-hybridized carbons (Fsp3) is 0.227. The zero-order chi connectivity index (χ0) is 25.4. The van der Waals surface area contributed by atoms with Crippen molar-refractivity contribution in [1.82, 2.24) is 9.97 Å². The van der Waals surface area contributed by atoms with Crippen molar-refractivity contribution in [3.05, 3.63) is 72.1 Å². The Labute approximate surface area is 180 Å². The van der Waals surface area contributed by atoms with Gasteiger partial charge in [-0.25, -0.2) is 13.8 Å². The van der Waals surface area contributed by atoms with Crippen molar-refractivity contribution in [3.63, 3.8) is 0 Å². The Morgan fingerprint density at radius 3 is 2.77 bits per heavy atom. The van der Waals surface area contributed by atoms with Gasteiger partial charge in [-0.05, 0) is 36.7 Å². The van der Waals surface area contributed by atoms with Crippen LogP contribution >= 0.6 is 0 Å². The standard InChI is InChI=1S/C22H21F2N5O/c1-2-25-19-11-10-17-21(28-19)29(15-8-9-16(20(23)24)26-13-15)22(30)18(27-17)12-14-6-4-3-5-7-14/h3-11,13,18,20,27H,2,12H2,1H3,(H,25,28)/i1D3,2D2. The van der Waals surface area contributed by atoms with E-state index in [1.807, 2.05) is 30.3 Å². The SMILES string of the molecule is [2H]C([2H])([2H])C([2H])([2H])Nc1ccc2c(n1)N(c1ccc(C(F)F)nc1)C(=O)C(Cc1ccccc1)N2. The lowest BCUT2D eigenvalue weighted by Crippen LogP contribution is -2.46.